The van der Waals surface area contributed by atoms with E-state index < -0.39 is 11.5 Å². The van der Waals surface area contributed by atoms with Gasteiger partial charge in [-0.2, -0.15) is 5.10 Å². The molecule has 0 saturated carbocycles. The van der Waals surface area contributed by atoms with Gasteiger partial charge < -0.3 is 9.84 Å². The standard InChI is InChI=1S/C19H24N4O4S/c1-4-13-7-9-14(10-8-13)27-12-16(24)21-20-11-15-17(25)22(5-2)19(28)23(6-3)18(15)26/h7-11,25H,4-6,12H2,1-3H3,(H,21,24). The third-order valence-corrected chi connectivity index (χ3v) is 4.59. The third kappa shape index (κ3) is 4.86. The fourth-order valence-electron chi connectivity index (χ4n) is 2.56. The van der Waals surface area contributed by atoms with Gasteiger partial charge in [0.05, 0.1) is 6.21 Å². The van der Waals surface area contributed by atoms with E-state index in [1.807, 2.05) is 12.1 Å². The summed E-state index contributed by atoms with van der Waals surface area (Å²) < 4.78 is 8.39. The summed E-state index contributed by atoms with van der Waals surface area (Å²) in [5.41, 5.74) is 2.93. The minimum atomic E-state index is -0.491. The highest BCUT2D eigenvalue weighted by Crippen LogP contribution is 2.13. The van der Waals surface area contributed by atoms with Gasteiger partial charge in [0.25, 0.3) is 11.5 Å². The molecule has 0 unspecified atom stereocenters. The van der Waals surface area contributed by atoms with Gasteiger partial charge >= 0.3 is 0 Å². The molecular weight excluding hydrogens is 380 g/mol. The van der Waals surface area contributed by atoms with E-state index in [9.17, 15) is 14.7 Å². The molecule has 0 bridgehead atoms. The largest absolute Gasteiger partial charge is 0.494 e. The molecule has 2 N–H and O–H groups in total. The first-order valence-electron chi connectivity index (χ1n) is 9.03. The van der Waals surface area contributed by atoms with Gasteiger partial charge in [-0.3, -0.25) is 18.7 Å². The summed E-state index contributed by atoms with van der Waals surface area (Å²) in [5.74, 6) is -0.202. The molecule has 0 spiro atoms. The Balaban J connectivity index is 2.06. The number of hydrogen-bond acceptors (Lipinski definition) is 6. The average molecular weight is 404 g/mol. The van der Waals surface area contributed by atoms with Crippen molar-refractivity contribution in [2.45, 2.75) is 40.3 Å². The van der Waals surface area contributed by atoms with Crippen LogP contribution in [0.1, 0.15) is 31.9 Å². The first-order chi connectivity index (χ1) is 13.4. The van der Waals surface area contributed by atoms with Crippen molar-refractivity contribution in [3.8, 4) is 11.6 Å². The maximum atomic E-state index is 12.4. The average Bonchev–Trinajstić information content (AvgIpc) is 2.70. The van der Waals surface area contributed by atoms with Crippen LogP contribution in [0.25, 0.3) is 0 Å². The fourth-order valence-corrected chi connectivity index (χ4v) is 2.99. The summed E-state index contributed by atoms with van der Waals surface area (Å²) in [6, 6.07) is 7.44. The minimum absolute atomic E-state index is 0.0475. The SMILES string of the molecule is CCc1ccc(OCC(=O)NN=Cc2c(O)n(CC)c(=S)n(CC)c2=O)cc1. The maximum absolute atomic E-state index is 12.4. The van der Waals surface area contributed by atoms with E-state index in [4.69, 9.17) is 17.0 Å². The Bertz CT molecular complexity index is 977. The lowest BCUT2D eigenvalue weighted by Crippen LogP contribution is -2.29. The van der Waals surface area contributed by atoms with E-state index in [-0.39, 0.29) is 22.8 Å². The molecule has 1 aromatic heterocycles. The van der Waals surface area contributed by atoms with Gasteiger partial charge in [-0.25, -0.2) is 5.43 Å². The number of carbonyl (C=O) groups excluding carboxylic acids is 1. The normalized spacial score (nSPS) is 11.0. The quantitative estimate of drug-likeness (QED) is 0.399. The molecule has 1 heterocycles. The number of nitrogens with zero attached hydrogens (tertiary/aromatic N) is 3. The fraction of sp³-hybridized carbons (Fsp3) is 0.368. The number of hydrogen-bond donors (Lipinski definition) is 2. The molecule has 0 aliphatic rings. The van der Waals surface area contributed by atoms with E-state index in [0.717, 1.165) is 12.6 Å². The summed E-state index contributed by atoms with van der Waals surface area (Å²) in [7, 11) is 0. The number of nitrogens with one attached hydrogen (secondary N) is 1. The molecule has 0 fully saturated rings. The van der Waals surface area contributed by atoms with Crippen molar-refractivity contribution >= 4 is 24.3 Å². The minimum Gasteiger partial charge on any atom is -0.494 e. The summed E-state index contributed by atoms with van der Waals surface area (Å²) in [4.78, 5) is 24.3. The lowest BCUT2D eigenvalue weighted by atomic mass is 10.2. The highest BCUT2D eigenvalue weighted by atomic mass is 32.1. The van der Waals surface area contributed by atoms with Crippen LogP contribution in [0, 0.1) is 4.77 Å². The molecule has 0 radical (unpaired) electrons. The highest BCUT2D eigenvalue weighted by Gasteiger charge is 2.14. The van der Waals surface area contributed by atoms with E-state index >= 15 is 0 Å². The van der Waals surface area contributed by atoms with Crippen LogP contribution in [0.5, 0.6) is 11.6 Å². The Kier molecular flexibility index (Phi) is 7.51. The Morgan fingerprint density at radius 3 is 2.43 bits per heavy atom. The smallest absolute Gasteiger partial charge is 0.277 e. The number of aryl methyl sites for hydroxylation is 1. The lowest BCUT2D eigenvalue weighted by Gasteiger charge is -2.13. The van der Waals surface area contributed by atoms with Crippen LogP contribution < -0.4 is 15.7 Å². The van der Waals surface area contributed by atoms with Gasteiger partial charge in [-0.15, -0.1) is 0 Å². The highest BCUT2D eigenvalue weighted by molar-refractivity contribution is 7.71. The van der Waals surface area contributed by atoms with Gasteiger partial charge in [0.15, 0.2) is 11.4 Å². The van der Waals surface area contributed by atoms with Gasteiger partial charge in [0.1, 0.15) is 11.3 Å². The van der Waals surface area contributed by atoms with E-state index in [0.29, 0.717) is 18.8 Å². The molecule has 2 rings (SSSR count). The molecule has 0 saturated heterocycles. The zero-order valence-corrected chi connectivity index (χ0v) is 17.0. The first-order valence-corrected chi connectivity index (χ1v) is 9.43. The van der Waals surface area contributed by atoms with Crippen LogP contribution in [0.15, 0.2) is 34.2 Å². The van der Waals surface area contributed by atoms with E-state index in [1.54, 1.807) is 26.0 Å². The molecule has 150 valence electrons. The second-order valence-electron chi connectivity index (χ2n) is 5.89. The maximum Gasteiger partial charge on any atom is 0.277 e. The first kappa shape index (κ1) is 21.4. The second-order valence-corrected chi connectivity index (χ2v) is 6.26. The molecule has 0 atom stereocenters. The van der Waals surface area contributed by atoms with Crippen molar-refractivity contribution < 1.29 is 14.6 Å². The summed E-state index contributed by atoms with van der Waals surface area (Å²) in [5, 5.41) is 14.0. The summed E-state index contributed by atoms with van der Waals surface area (Å²) in [6.45, 7) is 6.15. The number of rotatable bonds is 8. The number of amides is 1. The molecule has 28 heavy (non-hydrogen) atoms. The van der Waals surface area contributed by atoms with Crippen molar-refractivity contribution in [3.05, 3.63) is 50.5 Å². The van der Waals surface area contributed by atoms with Crippen LogP contribution in [0.2, 0.25) is 0 Å². The van der Waals surface area contributed by atoms with Gasteiger partial charge in [0.2, 0.25) is 5.88 Å². The van der Waals surface area contributed by atoms with Crippen molar-refractivity contribution in [3.63, 3.8) is 0 Å². The van der Waals surface area contributed by atoms with Gasteiger partial charge in [-0.05, 0) is 50.2 Å². The van der Waals surface area contributed by atoms with Crippen molar-refractivity contribution in [1.29, 1.82) is 0 Å². The zero-order chi connectivity index (χ0) is 20.7. The molecule has 0 aliphatic carbocycles. The molecule has 0 aliphatic heterocycles. The molecule has 8 nitrogen and oxygen atoms in total. The summed E-state index contributed by atoms with van der Waals surface area (Å²) in [6.07, 6.45) is 2.03. The second kappa shape index (κ2) is 9.84. The zero-order valence-electron chi connectivity index (χ0n) is 16.1. The predicted octanol–water partition coefficient (Wildman–Crippen LogP) is 2.22. The monoisotopic (exact) mass is 404 g/mol. The number of hydrazone groups is 1. The Morgan fingerprint density at radius 2 is 1.86 bits per heavy atom. The number of carbonyl (C=O) groups is 1. The van der Waals surface area contributed by atoms with Crippen LogP contribution in [0.4, 0.5) is 0 Å². The molecule has 1 aromatic carbocycles. The number of aromatic nitrogens is 2. The van der Waals surface area contributed by atoms with E-state index in [2.05, 4.69) is 17.5 Å². The molecule has 2 aromatic rings. The van der Waals surface area contributed by atoms with Gasteiger partial charge in [0, 0.05) is 13.1 Å². The number of ether oxygens (including phenoxy) is 1. The number of aromatic hydroxyl groups is 1. The van der Waals surface area contributed by atoms with Crippen LogP contribution in [0.3, 0.4) is 0 Å². The molecular formula is C19H24N4O4S. The van der Waals surface area contributed by atoms with E-state index in [1.165, 1.54) is 14.7 Å². The van der Waals surface area contributed by atoms with Crippen LogP contribution in [-0.4, -0.2) is 33.0 Å². The van der Waals surface area contributed by atoms with Crippen LogP contribution in [-0.2, 0) is 24.3 Å². The van der Waals surface area contributed by atoms with Crippen molar-refractivity contribution in [2.24, 2.45) is 5.10 Å². The van der Waals surface area contributed by atoms with Gasteiger partial charge in [-0.1, -0.05) is 19.1 Å². The topological polar surface area (TPSA) is 97.8 Å². The number of benzene rings is 1. The lowest BCUT2D eigenvalue weighted by molar-refractivity contribution is -0.123. The van der Waals surface area contributed by atoms with Crippen molar-refractivity contribution in [2.75, 3.05) is 6.61 Å². The molecule has 1 amide bonds. The van der Waals surface area contributed by atoms with Crippen LogP contribution >= 0.6 is 12.2 Å². The Labute approximate surface area is 168 Å². The molecule has 9 heteroatoms. The van der Waals surface area contributed by atoms with Crippen molar-refractivity contribution in [1.82, 2.24) is 14.6 Å². The predicted molar refractivity (Wildman–Crippen MR) is 110 cm³/mol. The Morgan fingerprint density at radius 1 is 1.21 bits per heavy atom. The third-order valence-electron chi connectivity index (χ3n) is 4.15. The summed E-state index contributed by atoms with van der Waals surface area (Å²) >= 11 is 5.21. The Hall–Kier alpha value is -2.94.